The third-order valence-electron chi connectivity index (χ3n) is 2.17. The summed E-state index contributed by atoms with van der Waals surface area (Å²) >= 11 is 0. The molecular formula is C11H21NO4. The van der Waals surface area contributed by atoms with Gasteiger partial charge in [0.05, 0.1) is 0 Å². The lowest BCUT2D eigenvalue weighted by atomic mass is 10.1. The summed E-state index contributed by atoms with van der Waals surface area (Å²) in [6, 6.07) is -0.792. The van der Waals surface area contributed by atoms with Crippen molar-refractivity contribution in [3.8, 4) is 0 Å². The normalized spacial score (nSPS) is 12.1. The number of carbonyl (C=O) groups is 2. The molecule has 1 unspecified atom stereocenters. The van der Waals surface area contributed by atoms with Gasteiger partial charge in [-0.25, -0.2) is 4.79 Å². The molecule has 5 heteroatoms. The van der Waals surface area contributed by atoms with Gasteiger partial charge in [0.2, 0.25) is 5.91 Å². The van der Waals surface area contributed by atoms with E-state index in [0.717, 1.165) is 19.3 Å². The first-order valence-electron chi connectivity index (χ1n) is 5.71. The maximum atomic E-state index is 11.3. The lowest BCUT2D eigenvalue weighted by Gasteiger charge is -2.14. The monoisotopic (exact) mass is 231 g/mol. The summed E-state index contributed by atoms with van der Waals surface area (Å²) < 4.78 is 4.90. The summed E-state index contributed by atoms with van der Waals surface area (Å²) in [6.07, 6.45) is 3.29. The number of hydrogen-bond acceptors (Lipinski definition) is 3. The van der Waals surface area contributed by atoms with Crippen LogP contribution in [0.2, 0.25) is 0 Å². The van der Waals surface area contributed by atoms with E-state index in [0.29, 0.717) is 13.0 Å². The summed E-state index contributed by atoms with van der Waals surface area (Å²) in [5, 5.41) is 11.3. The second kappa shape index (κ2) is 9.15. The van der Waals surface area contributed by atoms with Gasteiger partial charge in [-0.05, 0) is 13.3 Å². The Bertz CT molecular complexity index is 218. The van der Waals surface area contributed by atoms with Gasteiger partial charge in [0.1, 0.15) is 12.6 Å². The molecule has 0 heterocycles. The smallest absolute Gasteiger partial charge is 0.326 e. The van der Waals surface area contributed by atoms with Crippen molar-refractivity contribution in [2.45, 2.75) is 45.6 Å². The second-order valence-corrected chi connectivity index (χ2v) is 3.59. The van der Waals surface area contributed by atoms with Crippen molar-refractivity contribution in [3.63, 3.8) is 0 Å². The van der Waals surface area contributed by atoms with Crippen LogP contribution in [0.15, 0.2) is 0 Å². The summed E-state index contributed by atoms with van der Waals surface area (Å²) in [5.74, 6) is -1.35. The Hall–Kier alpha value is -1.10. The van der Waals surface area contributed by atoms with Crippen molar-refractivity contribution in [3.05, 3.63) is 0 Å². The molecule has 5 nitrogen and oxygen atoms in total. The molecule has 2 N–H and O–H groups in total. The van der Waals surface area contributed by atoms with E-state index in [2.05, 4.69) is 5.32 Å². The molecule has 0 saturated carbocycles. The van der Waals surface area contributed by atoms with Gasteiger partial charge in [0.15, 0.2) is 0 Å². The zero-order chi connectivity index (χ0) is 12.4. The van der Waals surface area contributed by atoms with E-state index in [-0.39, 0.29) is 12.5 Å². The first-order chi connectivity index (χ1) is 7.61. The van der Waals surface area contributed by atoms with Crippen LogP contribution >= 0.6 is 0 Å². The highest BCUT2D eigenvalue weighted by Crippen LogP contribution is 2.03. The number of amides is 1. The molecule has 0 radical (unpaired) electrons. The molecular weight excluding hydrogens is 210 g/mol. The van der Waals surface area contributed by atoms with Gasteiger partial charge >= 0.3 is 5.97 Å². The van der Waals surface area contributed by atoms with Crippen molar-refractivity contribution in [2.75, 3.05) is 13.2 Å². The van der Waals surface area contributed by atoms with E-state index in [1.807, 2.05) is 6.92 Å². The highest BCUT2D eigenvalue weighted by Gasteiger charge is 2.18. The van der Waals surface area contributed by atoms with Gasteiger partial charge in [-0.15, -0.1) is 0 Å². The number of rotatable bonds is 9. The van der Waals surface area contributed by atoms with Gasteiger partial charge in [0, 0.05) is 6.61 Å². The SMILES string of the molecule is CCCCCC(NC(=O)COCC)C(=O)O. The molecule has 0 spiro atoms. The van der Waals surface area contributed by atoms with Crippen molar-refractivity contribution < 1.29 is 19.4 Å². The van der Waals surface area contributed by atoms with E-state index >= 15 is 0 Å². The first-order valence-corrected chi connectivity index (χ1v) is 5.71. The third kappa shape index (κ3) is 7.23. The largest absolute Gasteiger partial charge is 0.480 e. The average molecular weight is 231 g/mol. The van der Waals surface area contributed by atoms with Crippen molar-refractivity contribution in [1.82, 2.24) is 5.32 Å². The number of ether oxygens (including phenoxy) is 1. The van der Waals surface area contributed by atoms with Gasteiger partial charge < -0.3 is 15.2 Å². The first kappa shape index (κ1) is 14.9. The van der Waals surface area contributed by atoms with E-state index in [9.17, 15) is 9.59 Å². The number of hydrogen-bond donors (Lipinski definition) is 2. The summed E-state index contributed by atoms with van der Waals surface area (Å²) in [6.45, 7) is 4.20. The molecule has 0 aromatic rings. The molecule has 0 aliphatic heterocycles. The number of aliphatic carboxylic acids is 1. The molecule has 16 heavy (non-hydrogen) atoms. The summed E-state index contributed by atoms with van der Waals surface area (Å²) in [7, 11) is 0. The van der Waals surface area contributed by atoms with Crippen LogP contribution in [0.4, 0.5) is 0 Å². The number of carbonyl (C=O) groups excluding carboxylic acids is 1. The highest BCUT2D eigenvalue weighted by atomic mass is 16.5. The van der Waals surface area contributed by atoms with Crippen molar-refractivity contribution in [2.24, 2.45) is 0 Å². The Morgan fingerprint density at radius 3 is 2.50 bits per heavy atom. The number of unbranched alkanes of at least 4 members (excludes halogenated alkanes) is 2. The van der Waals surface area contributed by atoms with Gasteiger partial charge in [-0.3, -0.25) is 4.79 Å². The summed E-state index contributed by atoms with van der Waals surface area (Å²) in [5.41, 5.74) is 0. The Morgan fingerprint density at radius 2 is 2.00 bits per heavy atom. The van der Waals surface area contributed by atoms with Crippen molar-refractivity contribution >= 4 is 11.9 Å². The molecule has 0 aliphatic carbocycles. The molecule has 0 aromatic heterocycles. The predicted octanol–water partition coefficient (Wildman–Crippen LogP) is 1.17. The zero-order valence-corrected chi connectivity index (χ0v) is 9.99. The Kier molecular flexibility index (Phi) is 8.52. The lowest BCUT2D eigenvalue weighted by Crippen LogP contribution is -2.42. The van der Waals surface area contributed by atoms with Gasteiger partial charge in [-0.2, -0.15) is 0 Å². The maximum Gasteiger partial charge on any atom is 0.326 e. The minimum atomic E-state index is -0.985. The molecule has 0 aliphatic rings. The molecule has 0 bridgehead atoms. The predicted molar refractivity (Wildman–Crippen MR) is 60.2 cm³/mol. The van der Waals surface area contributed by atoms with Crippen LogP contribution in [0, 0.1) is 0 Å². The van der Waals surface area contributed by atoms with Gasteiger partial charge in [0.25, 0.3) is 0 Å². The third-order valence-corrected chi connectivity index (χ3v) is 2.17. The fourth-order valence-electron chi connectivity index (χ4n) is 1.29. The summed E-state index contributed by atoms with van der Waals surface area (Å²) in [4.78, 5) is 22.1. The zero-order valence-electron chi connectivity index (χ0n) is 9.99. The molecule has 0 fully saturated rings. The Balaban J connectivity index is 3.92. The molecule has 94 valence electrons. The fourth-order valence-corrected chi connectivity index (χ4v) is 1.29. The lowest BCUT2D eigenvalue weighted by molar-refractivity contribution is -0.142. The number of carboxylic acid groups (broad SMARTS) is 1. The van der Waals surface area contributed by atoms with Crippen LogP contribution in [0.1, 0.15) is 39.5 Å². The fraction of sp³-hybridized carbons (Fsp3) is 0.818. The van der Waals surface area contributed by atoms with E-state index < -0.39 is 12.0 Å². The van der Waals surface area contributed by atoms with E-state index in [1.165, 1.54) is 0 Å². The number of nitrogens with one attached hydrogen (secondary N) is 1. The maximum absolute atomic E-state index is 11.3. The van der Waals surface area contributed by atoms with Crippen LogP contribution in [0.25, 0.3) is 0 Å². The van der Waals surface area contributed by atoms with Crippen LogP contribution < -0.4 is 5.32 Å². The Morgan fingerprint density at radius 1 is 1.31 bits per heavy atom. The minimum absolute atomic E-state index is 0.0753. The minimum Gasteiger partial charge on any atom is -0.480 e. The molecule has 0 saturated heterocycles. The van der Waals surface area contributed by atoms with Gasteiger partial charge in [-0.1, -0.05) is 26.2 Å². The van der Waals surface area contributed by atoms with Crippen LogP contribution in [0.3, 0.4) is 0 Å². The second-order valence-electron chi connectivity index (χ2n) is 3.59. The van der Waals surface area contributed by atoms with E-state index in [1.54, 1.807) is 6.92 Å². The average Bonchev–Trinajstić information content (AvgIpc) is 2.25. The molecule has 0 aromatic carbocycles. The molecule has 1 atom stereocenters. The molecule has 0 rings (SSSR count). The number of carboxylic acids is 1. The van der Waals surface area contributed by atoms with Crippen LogP contribution in [-0.2, 0) is 14.3 Å². The van der Waals surface area contributed by atoms with Crippen molar-refractivity contribution in [1.29, 1.82) is 0 Å². The van der Waals surface area contributed by atoms with E-state index in [4.69, 9.17) is 9.84 Å². The quantitative estimate of drug-likeness (QED) is 0.584. The standard InChI is InChI=1S/C11H21NO4/c1-3-5-6-7-9(11(14)15)12-10(13)8-16-4-2/h9H,3-8H2,1-2H3,(H,12,13)(H,14,15). The highest BCUT2D eigenvalue weighted by molar-refractivity contribution is 5.84. The molecule has 1 amide bonds. The Labute approximate surface area is 96.2 Å². The van der Waals surface area contributed by atoms with Crippen LogP contribution in [-0.4, -0.2) is 36.2 Å². The topological polar surface area (TPSA) is 75.6 Å². The van der Waals surface area contributed by atoms with Crippen LogP contribution in [0.5, 0.6) is 0 Å².